The molecule has 3 rings (SSSR count). The van der Waals surface area contributed by atoms with Crippen molar-refractivity contribution in [1.29, 1.82) is 0 Å². The van der Waals surface area contributed by atoms with Gasteiger partial charge in [0, 0.05) is 44.0 Å². The normalized spacial score (nSPS) is 17.6. The van der Waals surface area contributed by atoms with Crippen molar-refractivity contribution in [2.45, 2.75) is 37.9 Å². The minimum Gasteiger partial charge on any atom is -0.379 e. The number of benzene rings is 1. The molecule has 0 aromatic heterocycles. The first kappa shape index (κ1) is 31.6. The second-order valence-corrected chi connectivity index (χ2v) is 9.11. The molecule has 0 spiro atoms. The molecule has 41 heavy (non-hydrogen) atoms. The van der Waals surface area contributed by atoms with Gasteiger partial charge in [-0.1, -0.05) is 0 Å². The van der Waals surface area contributed by atoms with Crippen molar-refractivity contribution in [2.75, 3.05) is 62.8 Å². The van der Waals surface area contributed by atoms with Crippen LogP contribution in [0.25, 0.3) is 0 Å². The average Bonchev–Trinajstić information content (AvgIpc) is 2.94. The Hall–Kier alpha value is -3.92. The Morgan fingerprint density at radius 1 is 0.902 bits per heavy atom. The molecule has 2 saturated heterocycles. The van der Waals surface area contributed by atoms with Gasteiger partial charge in [0.15, 0.2) is 0 Å². The Balaban J connectivity index is 1.23. The summed E-state index contributed by atoms with van der Waals surface area (Å²) >= 11 is 0. The van der Waals surface area contributed by atoms with Gasteiger partial charge in [-0.25, -0.2) is 19.4 Å². The molecular formula is C25H31F3N4O9. The smallest absolute Gasteiger partial charge is 0.379 e. The fraction of sp³-hybridized carbons (Fsp3) is 0.560. The molecule has 0 bridgehead atoms. The lowest BCUT2D eigenvalue weighted by molar-refractivity contribution is -0.286. The maximum atomic E-state index is 12.5. The van der Waals surface area contributed by atoms with E-state index in [0.29, 0.717) is 39.0 Å². The summed E-state index contributed by atoms with van der Waals surface area (Å²) in [5.74, 6) is -4.48. The summed E-state index contributed by atoms with van der Waals surface area (Å²) in [6.45, 7) is 2.58. The van der Waals surface area contributed by atoms with E-state index in [1.165, 1.54) is 0 Å². The first-order valence-corrected chi connectivity index (χ1v) is 12.9. The molecule has 1 aromatic rings. The molecule has 3 amide bonds. The molecule has 0 aliphatic carbocycles. The number of halogens is 3. The maximum Gasteiger partial charge on any atom is 0.495 e. The van der Waals surface area contributed by atoms with E-state index in [9.17, 15) is 37.1 Å². The van der Waals surface area contributed by atoms with Crippen molar-refractivity contribution in [3.63, 3.8) is 0 Å². The van der Waals surface area contributed by atoms with Crippen molar-refractivity contribution >= 4 is 41.0 Å². The zero-order valence-electron chi connectivity index (χ0n) is 22.1. The number of ether oxygens (including phenoxy) is 2. The van der Waals surface area contributed by atoms with Crippen LogP contribution in [0.1, 0.15) is 25.7 Å². The zero-order valence-corrected chi connectivity index (χ0v) is 22.1. The Labute approximate surface area is 233 Å². The first-order valence-electron chi connectivity index (χ1n) is 12.9. The topological polar surface area (TPSA) is 153 Å². The second kappa shape index (κ2) is 15.2. The number of imide groups is 1. The van der Waals surface area contributed by atoms with E-state index in [-0.39, 0.29) is 50.6 Å². The van der Waals surface area contributed by atoms with E-state index in [1.807, 2.05) is 24.3 Å². The third-order valence-corrected chi connectivity index (χ3v) is 6.17. The van der Waals surface area contributed by atoms with Crippen LogP contribution in [0.2, 0.25) is 0 Å². The lowest BCUT2D eigenvalue weighted by Crippen LogP contribution is -2.49. The lowest BCUT2D eigenvalue weighted by Gasteiger charge is -2.36. The van der Waals surface area contributed by atoms with Gasteiger partial charge in [-0.2, -0.15) is 13.2 Å². The molecule has 1 aromatic carbocycles. The Kier molecular flexibility index (Phi) is 11.7. The summed E-state index contributed by atoms with van der Waals surface area (Å²) in [7, 11) is 0. The van der Waals surface area contributed by atoms with Crippen LogP contribution >= 0.6 is 0 Å². The van der Waals surface area contributed by atoms with Crippen molar-refractivity contribution in [2.24, 2.45) is 0 Å². The third kappa shape index (κ3) is 10.5. The third-order valence-electron chi connectivity index (χ3n) is 6.17. The van der Waals surface area contributed by atoms with Gasteiger partial charge in [-0.15, -0.1) is 0 Å². The molecular weight excluding hydrogens is 557 g/mol. The summed E-state index contributed by atoms with van der Waals surface area (Å²) < 4.78 is 46.2. The Morgan fingerprint density at radius 3 is 2.15 bits per heavy atom. The highest BCUT2D eigenvalue weighted by molar-refractivity contribution is 6.01. The van der Waals surface area contributed by atoms with Gasteiger partial charge >= 0.3 is 18.1 Å². The summed E-state index contributed by atoms with van der Waals surface area (Å²) in [6, 6.07) is 7.17. The van der Waals surface area contributed by atoms with Gasteiger partial charge in [0.2, 0.25) is 17.7 Å². The minimum absolute atomic E-state index is 0.0505. The maximum absolute atomic E-state index is 12.5. The molecule has 2 heterocycles. The van der Waals surface area contributed by atoms with E-state index in [2.05, 4.69) is 25.3 Å². The number of alkyl halides is 3. The molecule has 226 valence electrons. The molecule has 16 heteroatoms. The van der Waals surface area contributed by atoms with Crippen LogP contribution in [-0.2, 0) is 43.2 Å². The largest absolute Gasteiger partial charge is 0.495 e. The summed E-state index contributed by atoms with van der Waals surface area (Å²) in [5.41, 5.74) is 1.77. The van der Waals surface area contributed by atoms with Gasteiger partial charge < -0.3 is 24.6 Å². The van der Waals surface area contributed by atoms with E-state index in [4.69, 9.17) is 9.47 Å². The standard InChI is InChI=1S/C25H31F3N4O9/c26-25(27,28)24(37)41-40-22(35)8-14-39-16-15-38-13-7-21(34)32-11-9-31(10-12-32)18-3-1-17(2-4-18)29-19-5-6-20(33)30-23(19)36/h1-4,19,29H,5-16H2,(H,30,33,36). The average molecular weight is 589 g/mol. The highest BCUT2D eigenvalue weighted by atomic mass is 19.4. The number of carbonyl (C=O) groups is 5. The van der Waals surface area contributed by atoms with Crippen molar-refractivity contribution < 1.29 is 56.4 Å². The second-order valence-electron chi connectivity index (χ2n) is 9.11. The molecule has 2 fully saturated rings. The summed E-state index contributed by atoms with van der Waals surface area (Å²) in [6.07, 6.45) is -4.78. The minimum atomic E-state index is -5.27. The molecule has 1 unspecified atom stereocenters. The van der Waals surface area contributed by atoms with Gasteiger partial charge in [0.1, 0.15) is 6.04 Å². The van der Waals surface area contributed by atoms with E-state index in [0.717, 1.165) is 11.4 Å². The summed E-state index contributed by atoms with van der Waals surface area (Å²) in [4.78, 5) is 68.3. The Bertz CT molecular complexity index is 1080. The number of piperazine rings is 1. The van der Waals surface area contributed by atoms with Crippen LogP contribution in [0.15, 0.2) is 24.3 Å². The molecule has 2 aliphatic heterocycles. The first-order chi connectivity index (χ1) is 19.5. The number of amides is 3. The fourth-order valence-electron chi connectivity index (χ4n) is 3.98. The number of rotatable bonds is 12. The fourth-order valence-corrected chi connectivity index (χ4v) is 3.98. The van der Waals surface area contributed by atoms with Crippen LogP contribution in [0, 0.1) is 0 Å². The number of piperidine rings is 1. The molecule has 2 aliphatic rings. The predicted molar refractivity (Wildman–Crippen MR) is 134 cm³/mol. The molecule has 1 atom stereocenters. The summed E-state index contributed by atoms with van der Waals surface area (Å²) in [5, 5.41) is 5.46. The highest BCUT2D eigenvalue weighted by Crippen LogP contribution is 2.21. The van der Waals surface area contributed by atoms with Crippen LogP contribution in [-0.4, -0.2) is 99.4 Å². The van der Waals surface area contributed by atoms with E-state index < -0.39 is 30.6 Å². The number of nitrogens with zero attached hydrogens (tertiary/aromatic N) is 2. The van der Waals surface area contributed by atoms with Crippen LogP contribution in [0.3, 0.4) is 0 Å². The van der Waals surface area contributed by atoms with E-state index >= 15 is 0 Å². The van der Waals surface area contributed by atoms with Crippen molar-refractivity contribution in [1.82, 2.24) is 10.2 Å². The predicted octanol–water partition coefficient (Wildman–Crippen LogP) is 0.929. The van der Waals surface area contributed by atoms with Gasteiger partial charge in [0.25, 0.3) is 0 Å². The number of carbonyl (C=O) groups excluding carboxylic acids is 5. The quantitative estimate of drug-likeness (QED) is 0.155. The van der Waals surface area contributed by atoms with Gasteiger partial charge in [-0.05, 0) is 30.7 Å². The molecule has 0 radical (unpaired) electrons. The monoisotopic (exact) mass is 588 g/mol. The Morgan fingerprint density at radius 2 is 1.54 bits per heavy atom. The van der Waals surface area contributed by atoms with Gasteiger partial charge in [0.05, 0.1) is 39.3 Å². The molecule has 13 nitrogen and oxygen atoms in total. The van der Waals surface area contributed by atoms with Gasteiger partial charge in [-0.3, -0.25) is 19.7 Å². The lowest BCUT2D eigenvalue weighted by atomic mass is 10.1. The zero-order chi connectivity index (χ0) is 29.8. The molecule has 2 N–H and O–H groups in total. The van der Waals surface area contributed by atoms with Crippen LogP contribution < -0.4 is 15.5 Å². The van der Waals surface area contributed by atoms with Crippen molar-refractivity contribution in [3.8, 4) is 0 Å². The van der Waals surface area contributed by atoms with E-state index in [1.54, 1.807) is 4.90 Å². The van der Waals surface area contributed by atoms with Crippen LogP contribution in [0.4, 0.5) is 24.5 Å². The number of nitrogens with one attached hydrogen (secondary N) is 2. The highest BCUT2D eigenvalue weighted by Gasteiger charge is 2.43. The number of hydrogen-bond donors (Lipinski definition) is 2. The SMILES string of the molecule is O=C1CCC(Nc2ccc(N3CCN(C(=O)CCOCCOCCC(=O)OOC(=O)C(F)(F)F)CC3)cc2)C(=O)N1. The number of anilines is 2. The number of hydrogen-bond acceptors (Lipinski definition) is 11. The van der Waals surface area contributed by atoms with Crippen molar-refractivity contribution in [3.05, 3.63) is 24.3 Å². The van der Waals surface area contributed by atoms with Crippen LogP contribution in [0.5, 0.6) is 0 Å². The molecule has 0 saturated carbocycles.